The van der Waals surface area contributed by atoms with Crippen molar-refractivity contribution in [2.45, 2.75) is 31.7 Å². The maximum absolute atomic E-state index is 10.7. The third-order valence-electron chi connectivity index (χ3n) is 5.78. The van der Waals surface area contributed by atoms with Gasteiger partial charge in [-0.15, -0.1) is 0 Å². The first-order valence-electron chi connectivity index (χ1n) is 11.4. The van der Waals surface area contributed by atoms with Gasteiger partial charge in [-0.25, -0.2) is 0 Å². The highest BCUT2D eigenvalue weighted by Crippen LogP contribution is 2.42. The predicted octanol–water partition coefficient (Wildman–Crippen LogP) is 6.35. The fraction of sp³-hybridized carbons (Fsp3) is 0.250. The quantitative estimate of drug-likeness (QED) is 0.323. The van der Waals surface area contributed by atoms with Crippen molar-refractivity contribution in [1.29, 1.82) is 0 Å². The first-order valence-corrected chi connectivity index (χ1v) is 11.4. The molecule has 0 radical (unpaired) electrons. The highest BCUT2D eigenvalue weighted by Gasteiger charge is 2.34. The van der Waals surface area contributed by atoms with Crippen molar-refractivity contribution in [1.82, 2.24) is 0 Å². The first kappa shape index (κ1) is 23.5. The number of phenolic OH excluding ortho intramolecular Hbond substituents is 1. The number of rotatable bonds is 9. The number of carboxylic acids is 1. The highest BCUT2D eigenvalue weighted by atomic mass is 16.7. The smallest absolute Gasteiger partial charge is 0.303 e. The summed E-state index contributed by atoms with van der Waals surface area (Å²) in [6, 6.07) is 25.1. The van der Waals surface area contributed by atoms with Crippen LogP contribution >= 0.6 is 0 Å². The van der Waals surface area contributed by atoms with Crippen LogP contribution in [-0.4, -0.2) is 22.8 Å². The summed E-state index contributed by atoms with van der Waals surface area (Å²) in [6.07, 6.45) is 4.18. The minimum absolute atomic E-state index is 0.00958. The number of anilines is 2. The van der Waals surface area contributed by atoms with Crippen LogP contribution in [0.2, 0.25) is 0 Å². The van der Waals surface area contributed by atoms with Crippen molar-refractivity contribution >= 4 is 17.3 Å². The van der Waals surface area contributed by atoms with Crippen molar-refractivity contribution in [3.05, 3.63) is 102 Å². The SMILES string of the molecule is O=C(O)CCC=CC[C@@H]1COC(c2ccc(Nc3ccccc3)cc2)O[C@@H]1c1ccccc1O. The molecule has 6 heteroatoms. The molecule has 0 bridgehead atoms. The molecule has 176 valence electrons. The summed E-state index contributed by atoms with van der Waals surface area (Å²) in [6.45, 7) is 0.455. The van der Waals surface area contributed by atoms with Gasteiger partial charge < -0.3 is 25.0 Å². The Balaban J connectivity index is 1.46. The van der Waals surface area contributed by atoms with Crippen LogP contribution in [0.5, 0.6) is 5.75 Å². The molecule has 1 unspecified atom stereocenters. The van der Waals surface area contributed by atoms with E-state index in [1.165, 1.54) is 0 Å². The second kappa shape index (κ2) is 11.5. The number of carbonyl (C=O) groups is 1. The van der Waals surface area contributed by atoms with E-state index in [9.17, 15) is 9.90 Å². The number of hydrogen-bond acceptors (Lipinski definition) is 5. The molecule has 4 rings (SSSR count). The number of nitrogens with one attached hydrogen (secondary N) is 1. The minimum Gasteiger partial charge on any atom is -0.508 e. The zero-order valence-corrected chi connectivity index (χ0v) is 18.8. The van der Waals surface area contributed by atoms with E-state index in [4.69, 9.17) is 14.6 Å². The van der Waals surface area contributed by atoms with Crippen molar-refractivity contribution < 1.29 is 24.5 Å². The van der Waals surface area contributed by atoms with Crippen LogP contribution in [0, 0.1) is 5.92 Å². The number of phenols is 1. The molecule has 3 atom stereocenters. The molecule has 0 aliphatic carbocycles. The zero-order valence-electron chi connectivity index (χ0n) is 18.8. The van der Waals surface area contributed by atoms with E-state index < -0.39 is 12.3 Å². The van der Waals surface area contributed by atoms with Gasteiger partial charge in [-0.1, -0.05) is 60.7 Å². The monoisotopic (exact) mass is 459 g/mol. The molecule has 3 N–H and O–H groups in total. The number of benzene rings is 3. The Morgan fingerprint density at radius 2 is 1.65 bits per heavy atom. The highest BCUT2D eigenvalue weighted by molar-refractivity contribution is 5.66. The molecule has 1 saturated heterocycles. The van der Waals surface area contributed by atoms with Crippen molar-refractivity contribution in [3.8, 4) is 5.75 Å². The molecular formula is C28H29NO5. The van der Waals surface area contributed by atoms with Gasteiger partial charge in [0.15, 0.2) is 6.29 Å². The second-order valence-corrected chi connectivity index (χ2v) is 8.29. The molecule has 1 fully saturated rings. The van der Waals surface area contributed by atoms with Crippen LogP contribution < -0.4 is 5.32 Å². The Morgan fingerprint density at radius 3 is 2.38 bits per heavy atom. The maximum Gasteiger partial charge on any atom is 0.303 e. The van der Waals surface area contributed by atoms with Crippen LogP contribution in [0.15, 0.2) is 91.0 Å². The van der Waals surface area contributed by atoms with E-state index in [1.54, 1.807) is 12.1 Å². The number of aromatic hydroxyl groups is 1. The Kier molecular flexibility index (Phi) is 7.96. The molecule has 3 aromatic rings. The third kappa shape index (κ3) is 6.25. The van der Waals surface area contributed by atoms with Gasteiger partial charge in [0.05, 0.1) is 12.7 Å². The minimum atomic E-state index is -0.811. The fourth-order valence-corrected chi connectivity index (χ4v) is 4.01. The Labute approximate surface area is 199 Å². The van der Waals surface area contributed by atoms with Crippen LogP contribution in [0.1, 0.15) is 42.8 Å². The molecule has 1 aliphatic heterocycles. The van der Waals surface area contributed by atoms with Crippen LogP contribution in [0.25, 0.3) is 0 Å². The normalized spacial score (nSPS) is 20.3. The fourth-order valence-electron chi connectivity index (χ4n) is 4.01. The maximum atomic E-state index is 10.7. The Bertz CT molecular complexity index is 1100. The lowest BCUT2D eigenvalue weighted by molar-refractivity contribution is -0.244. The number of carboxylic acid groups (broad SMARTS) is 1. The number of aliphatic carboxylic acids is 1. The van der Waals surface area contributed by atoms with E-state index in [-0.39, 0.29) is 24.2 Å². The number of ether oxygens (including phenoxy) is 2. The summed E-state index contributed by atoms with van der Waals surface area (Å²) in [7, 11) is 0. The lowest BCUT2D eigenvalue weighted by Crippen LogP contribution is -2.30. The third-order valence-corrected chi connectivity index (χ3v) is 5.78. The molecule has 0 saturated carbocycles. The molecule has 3 aromatic carbocycles. The Hall–Kier alpha value is -3.61. The van der Waals surface area contributed by atoms with E-state index in [1.807, 2.05) is 78.9 Å². The number of hydrogen-bond donors (Lipinski definition) is 3. The summed E-state index contributed by atoms with van der Waals surface area (Å²) in [4.78, 5) is 10.7. The average Bonchev–Trinajstić information content (AvgIpc) is 2.85. The summed E-state index contributed by atoms with van der Waals surface area (Å²) in [5, 5.41) is 22.6. The van der Waals surface area contributed by atoms with Gasteiger partial charge in [-0.2, -0.15) is 0 Å². The van der Waals surface area contributed by atoms with Crippen LogP contribution in [-0.2, 0) is 14.3 Å². The molecular weight excluding hydrogens is 430 g/mol. The summed E-state index contributed by atoms with van der Waals surface area (Å²) in [5.74, 6) is -0.631. The lowest BCUT2D eigenvalue weighted by Gasteiger charge is -2.37. The molecule has 1 aliphatic rings. The van der Waals surface area contributed by atoms with Gasteiger partial charge in [-0.3, -0.25) is 4.79 Å². The average molecular weight is 460 g/mol. The largest absolute Gasteiger partial charge is 0.508 e. The molecule has 0 spiro atoms. The predicted molar refractivity (Wildman–Crippen MR) is 131 cm³/mol. The zero-order chi connectivity index (χ0) is 23.8. The van der Waals surface area contributed by atoms with Crippen molar-refractivity contribution in [2.24, 2.45) is 5.92 Å². The van der Waals surface area contributed by atoms with E-state index in [2.05, 4.69) is 5.32 Å². The van der Waals surface area contributed by atoms with Crippen LogP contribution in [0.3, 0.4) is 0 Å². The standard InChI is InChI=1S/C28H29NO5/c30-25-13-8-7-12-24(25)27-21(9-3-1-6-14-26(31)32)19-33-28(34-27)20-15-17-23(18-16-20)29-22-10-4-2-5-11-22/h1-5,7-8,10-13,15-18,21,27-30H,6,9,14,19H2,(H,31,32)/t21-,27+,28?/m1/s1. The first-order chi connectivity index (χ1) is 16.6. The summed E-state index contributed by atoms with van der Waals surface area (Å²) < 4.78 is 12.4. The molecule has 34 heavy (non-hydrogen) atoms. The topological polar surface area (TPSA) is 88.0 Å². The van der Waals surface area contributed by atoms with E-state index in [0.717, 1.165) is 22.5 Å². The lowest BCUT2D eigenvalue weighted by atomic mass is 9.91. The molecule has 0 aromatic heterocycles. The number of allylic oxidation sites excluding steroid dienone is 2. The molecule has 1 heterocycles. The van der Waals surface area contributed by atoms with E-state index >= 15 is 0 Å². The molecule has 6 nitrogen and oxygen atoms in total. The van der Waals surface area contributed by atoms with Gasteiger partial charge in [0.25, 0.3) is 0 Å². The number of para-hydroxylation sites is 2. The van der Waals surface area contributed by atoms with Gasteiger partial charge in [-0.05, 0) is 43.2 Å². The summed E-state index contributed by atoms with van der Waals surface area (Å²) in [5.41, 5.74) is 3.60. The molecule has 0 amide bonds. The van der Waals surface area contributed by atoms with Crippen molar-refractivity contribution in [2.75, 3.05) is 11.9 Å². The van der Waals surface area contributed by atoms with Gasteiger partial charge in [0.1, 0.15) is 5.75 Å². The van der Waals surface area contributed by atoms with Gasteiger partial charge in [0.2, 0.25) is 0 Å². The Morgan fingerprint density at radius 1 is 0.941 bits per heavy atom. The van der Waals surface area contributed by atoms with Gasteiger partial charge >= 0.3 is 5.97 Å². The van der Waals surface area contributed by atoms with Crippen LogP contribution in [0.4, 0.5) is 11.4 Å². The second-order valence-electron chi connectivity index (χ2n) is 8.29. The van der Waals surface area contributed by atoms with E-state index in [0.29, 0.717) is 19.4 Å². The van der Waals surface area contributed by atoms with Gasteiger partial charge in [0, 0.05) is 34.8 Å². The van der Waals surface area contributed by atoms with Crippen molar-refractivity contribution in [3.63, 3.8) is 0 Å². The summed E-state index contributed by atoms with van der Waals surface area (Å²) >= 11 is 0.